The van der Waals surface area contributed by atoms with Crippen molar-refractivity contribution in [3.05, 3.63) is 64.3 Å². The van der Waals surface area contributed by atoms with Crippen molar-refractivity contribution in [3.8, 4) is 16.9 Å². The van der Waals surface area contributed by atoms with Crippen molar-refractivity contribution in [2.24, 2.45) is 0 Å². The average Bonchev–Trinajstić information content (AvgIpc) is 3.13. The number of aromatic nitrogens is 2. The molecule has 0 N–H and O–H groups in total. The summed E-state index contributed by atoms with van der Waals surface area (Å²) in [5.74, 6) is -0.513. The van der Waals surface area contributed by atoms with E-state index >= 15 is 0 Å². The molecule has 2 aliphatic heterocycles. The number of halogens is 1. The topological polar surface area (TPSA) is 81.5 Å². The van der Waals surface area contributed by atoms with Crippen LogP contribution >= 0.6 is 15.9 Å². The smallest absolute Gasteiger partial charge is 0.274 e. The molecule has 9 heteroatoms. The zero-order valence-corrected chi connectivity index (χ0v) is 18.3. The van der Waals surface area contributed by atoms with E-state index in [-0.39, 0.29) is 22.2 Å². The monoisotopic (exact) mass is 487 g/mol. The lowest BCUT2D eigenvalue weighted by atomic mass is 10.0. The largest absolute Gasteiger partial charge is 0.378 e. The van der Waals surface area contributed by atoms with E-state index in [4.69, 9.17) is 4.74 Å². The van der Waals surface area contributed by atoms with Crippen LogP contribution in [0.15, 0.2) is 57.9 Å². The highest BCUT2D eigenvalue weighted by Gasteiger charge is 2.37. The molecule has 7 nitrogen and oxygen atoms in total. The quantitative estimate of drug-likeness (QED) is 0.554. The van der Waals surface area contributed by atoms with Gasteiger partial charge in [0.1, 0.15) is 0 Å². The first-order valence-corrected chi connectivity index (χ1v) is 12.0. The van der Waals surface area contributed by atoms with E-state index < -0.39 is 9.84 Å². The molecule has 5 rings (SSSR count). The summed E-state index contributed by atoms with van der Waals surface area (Å²) in [6, 6.07) is 14.4. The number of sulfone groups is 1. The van der Waals surface area contributed by atoms with Crippen molar-refractivity contribution in [1.29, 1.82) is 0 Å². The molecule has 154 valence electrons. The van der Waals surface area contributed by atoms with E-state index in [1.807, 2.05) is 24.3 Å². The summed E-state index contributed by atoms with van der Waals surface area (Å²) >= 11 is 3.43. The number of benzene rings is 2. The first-order valence-electron chi connectivity index (χ1n) is 9.53. The van der Waals surface area contributed by atoms with Gasteiger partial charge in [-0.3, -0.25) is 4.79 Å². The first kappa shape index (κ1) is 19.5. The van der Waals surface area contributed by atoms with Gasteiger partial charge in [0.15, 0.2) is 15.5 Å². The lowest BCUT2D eigenvalue weighted by Gasteiger charge is -2.26. The van der Waals surface area contributed by atoms with Gasteiger partial charge >= 0.3 is 0 Å². The highest BCUT2D eigenvalue weighted by atomic mass is 79.9. The summed E-state index contributed by atoms with van der Waals surface area (Å²) < 4.78 is 33.9. The number of hydrogen-bond donors (Lipinski definition) is 0. The number of amides is 1. The van der Waals surface area contributed by atoms with Crippen molar-refractivity contribution >= 4 is 31.7 Å². The fourth-order valence-electron chi connectivity index (χ4n) is 3.92. The number of rotatable bonds is 2. The van der Waals surface area contributed by atoms with Crippen molar-refractivity contribution in [1.82, 2.24) is 14.7 Å². The van der Waals surface area contributed by atoms with Crippen LogP contribution < -0.4 is 0 Å². The molecular formula is C21H18BrN3O4S. The maximum absolute atomic E-state index is 13.3. The molecule has 3 heterocycles. The standard InChI is InChI=1S/C21H18BrN3O4S/c22-14-5-7-15(8-6-14)25-20-16-3-1-2-4-18(16)30(27,28)13-17(20)19(23-25)21(26)24-9-11-29-12-10-24/h1-8H,9-13H2. The molecule has 0 aliphatic carbocycles. The van der Waals surface area contributed by atoms with Crippen LogP contribution in [-0.4, -0.2) is 55.3 Å². The van der Waals surface area contributed by atoms with Gasteiger partial charge in [-0.2, -0.15) is 5.10 Å². The van der Waals surface area contributed by atoms with E-state index in [1.54, 1.807) is 33.8 Å². The third-order valence-electron chi connectivity index (χ3n) is 5.37. The van der Waals surface area contributed by atoms with Crippen LogP contribution in [0.4, 0.5) is 0 Å². The Morgan fingerprint density at radius 2 is 1.73 bits per heavy atom. The first-order chi connectivity index (χ1) is 14.5. The molecule has 0 radical (unpaired) electrons. The van der Waals surface area contributed by atoms with E-state index in [0.717, 1.165) is 10.2 Å². The lowest BCUT2D eigenvalue weighted by Crippen LogP contribution is -2.41. The molecule has 0 bridgehead atoms. The number of morpholine rings is 1. The van der Waals surface area contributed by atoms with Crippen LogP contribution in [0.1, 0.15) is 16.1 Å². The minimum Gasteiger partial charge on any atom is -0.378 e. The van der Waals surface area contributed by atoms with Gasteiger partial charge in [0.2, 0.25) is 0 Å². The van der Waals surface area contributed by atoms with Gasteiger partial charge in [0.05, 0.1) is 35.2 Å². The molecule has 0 unspecified atom stereocenters. The third-order valence-corrected chi connectivity index (χ3v) is 7.59. The summed E-state index contributed by atoms with van der Waals surface area (Å²) in [5, 5.41) is 4.64. The second-order valence-corrected chi connectivity index (χ2v) is 10.1. The zero-order chi connectivity index (χ0) is 20.9. The van der Waals surface area contributed by atoms with Gasteiger partial charge < -0.3 is 9.64 Å². The van der Waals surface area contributed by atoms with E-state index in [0.29, 0.717) is 43.1 Å². The van der Waals surface area contributed by atoms with Gasteiger partial charge in [-0.1, -0.05) is 34.1 Å². The molecule has 0 saturated carbocycles. The van der Waals surface area contributed by atoms with Crippen LogP contribution in [0.3, 0.4) is 0 Å². The Balaban J connectivity index is 1.75. The zero-order valence-electron chi connectivity index (χ0n) is 15.9. The summed E-state index contributed by atoms with van der Waals surface area (Å²) in [4.78, 5) is 15.2. The Bertz CT molecular complexity index is 1250. The molecule has 1 saturated heterocycles. The number of carbonyl (C=O) groups is 1. The van der Waals surface area contributed by atoms with Crippen molar-refractivity contribution < 1.29 is 17.9 Å². The maximum Gasteiger partial charge on any atom is 0.274 e. The SMILES string of the molecule is O=C(c1nn(-c2ccc(Br)cc2)c2c1CS(=O)(=O)c1ccccc1-2)N1CCOCC1. The minimum absolute atomic E-state index is 0.188. The minimum atomic E-state index is -3.57. The Morgan fingerprint density at radius 3 is 2.47 bits per heavy atom. The Hall–Kier alpha value is -2.49. The Labute approximate surface area is 182 Å². The normalized spacial score (nSPS) is 17.3. The van der Waals surface area contributed by atoms with Crippen molar-refractivity contribution in [2.45, 2.75) is 10.6 Å². The van der Waals surface area contributed by atoms with E-state index in [1.165, 1.54) is 0 Å². The van der Waals surface area contributed by atoms with Gasteiger partial charge in [-0.05, 0) is 30.3 Å². The van der Waals surface area contributed by atoms with Gasteiger partial charge in [0, 0.05) is 28.7 Å². The molecule has 2 aromatic carbocycles. The fraction of sp³-hybridized carbons (Fsp3) is 0.238. The van der Waals surface area contributed by atoms with E-state index in [9.17, 15) is 13.2 Å². The number of fused-ring (bicyclic) bond motifs is 3. The summed E-state index contributed by atoms with van der Waals surface area (Å²) in [6.45, 7) is 1.84. The van der Waals surface area contributed by atoms with Crippen LogP contribution in [0.25, 0.3) is 16.9 Å². The number of ether oxygens (including phenoxy) is 1. The number of nitrogens with zero attached hydrogens (tertiary/aromatic N) is 3. The predicted molar refractivity (Wildman–Crippen MR) is 114 cm³/mol. The fourth-order valence-corrected chi connectivity index (χ4v) is 5.78. The molecule has 0 spiro atoms. The van der Waals surface area contributed by atoms with Crippen LogP contribution in [0.5, 0.6) is 0 Å². The number of hydrogen-bond acceptors (Lipinski definition) is 5. The molecule has 1 amide bonds. The molecular weight excluding hydrogens is 470 g/mol. The summed E-state index contributed by atoms with van der Waals surface area (Å²) in [5.41, 5.74) is 2.61. The third kappa shape index (κ3) is 3.17. The second-order valence-electron chi connectivity index (χ2n) is 7.22. The predicted octanol–water partition coefficient (Wildman–Crippen LogP) is 3.06. The van der Waals surface area contributed by atoms with Crippen molar-refractivity contribution in [2.75, 3.05) is 26.3 Å². The maximum atomic E-state index is 13.3. The second kappa shape index (κ2) is 7.33. The van der Waals surface area contributed by atoms with Crippen LogP contribution in [-0.2, 0) is 20.3 Å². The highest BCUT2D eigenvalue weighted by Crippen LogP contribution is 2.40. The molecule has 1 aromatic heterocycles. The highest BCUT2D eigenvalue weighted by molar-refractivity contribution is 9.10. The molecule has 2 aliphatic rings. The summed E-state index contributed by atoms with van der Waals surface area (Å²) in [7, 11) is -3.57. The molecule has 30 heavy (non-hydrogen) atoms. The Morgan fingerprint density at radius 1 is 1.03 bits per heavy atom. The van der Waals surface area contributed by atoms with Crippen molar-refractivity contribution in [3.63, 3.8) is 0 Å². The molecule has 0 atom stereocenters. The van der Waals surface area contributed by atoms with Crippen LogP contribution in [0, 0.1) is 0 Å². The average molecular weight is 488 g/mol. The van der Waals surface area contributed by atoms with Crippen LogP contribution in [0.2, 0.25) is 0 Å². The molecule has 1 fully saturated rings. The van der Waals surface area contributed by atoms with Gasteiger partial charge in [0.25, 0.3) is 5.91 Å². The lowest BCUT2D eigenvalue weighted by molar-refractivity contribution is 0.0298. The summed E-state index contributed by atoms with van der Waals surface area (Å²) in [6.07, 6.45) is 0. The Kier molecular flexibility index (Phi) is 4.76. The van der Waals surface area contributed by atoms with Gasteiger partial charge in [-0.15, -0.1) is 0 Å². The molecule has 3 aromatic rings. The van der Waals surface area contributed by atoms with Gasteiger partial charge in [-0.25, -0.2) is 13.1 Å². The number of carbonyl (C=O) groups excluding carboxylic acids is 1. The van der Waals surface area contributed by atoms with E-state index in [2.05, 4.69) is 21.0 Å².